The number of carboxylic acid groups (broad SMARTS) is 1. The average Bonchev–Trinajstić information content (AvgIpc) is 3.45. The van der Waals surface area contributed by atoms with Crippen LogP contribution >= 0.6 is 23.4 Å². The van der Waals surface area contributed by atoms with Gasteiger partial charge in [0.25, 0.3) is 5.91 Å². The monoisotopic (exact) mass is 506 g/mol. The molecule has 1 aromatic rings. The molecule has 2 amide bonds. The van der Waals surface area contributed by atoms with Crippen molar-refractivity contribution in [2.75, 3.05) is 24.6 Å². The third kappa shape index (κ3) is 4.14. The molecule has 0 aliphatic carbocycles. The number of aliphatic carboxylic acids is 1. The first-order chi connectivity index (χ1) is 16.4. The third-order valence-corrected chi connectivity index (χ3v) is 9.62. The number of carboxylic acids is 1. The van der Waals surface area contributed by atoms with E-state index >= 15 is 0 Å². The van der Waals surface area contributed by atoms with Crippen LogP contribution in [0.1, 0.15) is 38.5 Å². The van der Waals surface area contributed by atoms with Crippen LogP contribution in [0.15, 0.2) is 36.9 Å². The summed E-state index contributed by atoms with van der Waals surface area (Å²) in [7, 11) is 0. The number of carbonyl (C=O) groups is 3. The highest BCUT2D eigenvalue weighted by atomic mass is 35.5. The van der Waals surface area contributed by atoms with Gasteiger partial charge in [-0.25, -0.2) is 0 Å². The van der Waals surface area contributed by atoms with Crippen LogP contribution in [0.4, 0.5) is 5.69 Å². The van der Waals surface area contributed by atoms with Crippen LogP contribution in [0.5, 0.6) is 0 Å². The summed E-state index contributed by atoms with van der Waals surface area (Å²) in [5.74, 6) is -2.88. The highest BCUT2D eigenvalue weighted by Gasteiger charge is 2.74. The van der Waals surface area contributed by atoms with Gasteiger partial charge in [0.05, 0.1) is 27.3 Å². The molecule has 5 atom stereocenters. The predicted octanol–water partition coefficient (Wildman–Crippen LogP) is 3.59. The van der Waals surface area contributed by atoms with Crippen molar-refractivity contribution < 1.29 is 24.6 Å². The average molecular weight is 507 g/mol. The molecule has 3 saturated heterocycles. The van der Waals surface area contributed by atoms with E-state index in [9.17, 15) is 19.5 Å². The molecule has 2 unspecified atom stereocenters. The second-order valence-electron chi connectivity index (χ2n) is 9.25. The summed E-state index contributed by atoms with van der Waals surface area (Å²) in [5, 5.41) is 19.3. The number of nitrogens with zero attached hydrogens (tertiary/aromatic N) is 2. The van der Waals surface area contributed by atoms with Gasteiger partial charge in [-0.05, 0) is 37.8 Å². The minimum absolute atomic E-state index is 0.127. The van der Waals surface area contributed by atoms with E-state index in [1.807, 2.05) is 0 Å². The van der Waals surface area contributed by atoms with Gasteiger partial charge >= 0.3 is 5.97 Å². The Morgan fingerprint density at radius 1 is 1.26 bits per heavy atom. The second kappa shape index (κ2) is 10.3. The molecule has 0 saturated carbocycles. The highest BCUT2D eigenvalue weighted by Crippen LogP contribution is 2.66. The molecule has 184 valence electrons. The van der Waals surface area contributed by atoms with Crippen molar-refractivity contribution in [3.05, 3.63) is 41.9 Å². The summed E-state index contributed by atoms with van der Waals surface area (Å²) >= 11 is 7.97. The number of benzene rings is 1. The van der Waals surface area contributed by atoms with Crippen molar-refractivity contribution in [1.82, 2.24) is 4.90 Å². The second-order valence-corrected chi connectivity index (χ2v) is 11.3. The Bertz CT molecular complexity index is 974. The van der Waals surface area contributed by atoms with Crippen molar-refractivity contribution in [2.45, 2.75) is 54.6 Å². The summed E-state index contributed by atoms with van der Waals surface area (Å²) in [6.45, 7) is 4.55. The molecule has 3 fully saturated rings. The zero-order chi connectivity index (χ0) is 24.5. The van der Waals surface area contributed by atoms with Crippen molar-refractivity contribution >= 4 is 46.8 Å². The molecule has 3 aliphatic heterocycles. The smallest absolute Gasteiger partial charge is 0.308 e. The number of likely N-dealkylation sites (tertiary alicyclic amines) is 1. The molecule has 34 heavy (non-hydrogen) atoms. The predicted molar refractivity (Wildman–Crippen MR) is 133 cm³/mol. The Morgan fingerprint density at radius 2 is 2.00 bits per heavy atom. The largest absolute Gasteiger partial charge is 0.481 e. The number of carbonyl (C=O) groups excluding carboxylic acids is 2. The van der Waals surface area contributed by atoms with Crippen LogP contribution < -0.4 is 4.90 Å². The van der Waals surface area contributed by atoms with E-state index in [0.29, 0.717) is 42.9 Å². The van der Waals surface area contributed by atoms with Gasteiger partial charge in [-0.2, -0.15) is 0 Å². The Morgan fingerprint density at radius 3 is 2.68 bits per heavy atom. The molecule has 0 aromatic heterocycles. The molecular formula is C25H31ClN2O5S. The fourth-order valence-electron chi connectivity index (χ4n) is 5.96. The number of halogens is 1. The van der Waals surface area contributed by atoms with Crippen molar-refractivity contribution in [3.8, 4) is 0 Å². The minimum atomic E-state index is -0.956. The van der Waals surface area contributed by atoms with Gasteiger partial charge in [0.1, 0.15) is 6.04 Å². The van der Waals surface area contributed by atoms with Gasteiger partial charge in [-0.15, -0.1) is 18.3 Å². The summed E-state index contributed by atoms with van der Waals surface area (Å²) < 4.78 is -0.742. The van der Waals surface area contributed by atoms with Gasteiger partial charge in [-0.3, -0.25) is 14.4 Å². The first kappa shape index (κ1) is 25.1. The van der Waals surface area contributed by atoms with E-state index in [0.717, 1.165) is 12.8 Å². The number of hydrogen-bond donors (Lipinski definition) is 2. The first-order valence-corrected chi connectivity index (χ1v) is 13.1. The number of aliphatic hydroxyl groups is 1. The molecule has 3 aliphatic rings. The molecule has 2 bridgehead atoms. The zero-order valence-corrected chi connectivity index (χ0v) is 20.6. The lowest BCUT2D eigenvalue weighted by Gasteiger charge is -2.37. The van der Waals surface area contributed by atoms with Gasteiger partial charge < -0.3 is 20.0 Å². The number of unbranched alkanes of at least 4 members (excludes halogenated alkanes) is 3. The zero-order valence-electron chi connectivity index (χ0n) is 19.1. The van der Waals surface area contributed by atoms with Gasteiger partial charge in [0.2, 0.25) is 5.91 Å². The number of hydrogen-bond acceptors (Lipinski definition) is 5. The van der Waals surface area contributed by atoms with Crippen molar-refractivity contribution in [2.24, 2.45) is 11.8 Å². The van der Waals surface area contributed by atoms with E-state index in [1.165, 1.54) is 11.8 Å². The van der Waals surface area contributed by atoms with E-state index in [1.54, 1.807) is 40.1 Å². The number of anilines is 1. The third-order valence-electron chi connectivity index (χ3n) is 7.35. The molecular weight excluding hydrogens is 476 g/mol. The fraction of sp³-hybridized carbons (Fsp3) is 0.560. The van der Waals surface area contributed by atoms with Gasteiger partial charge in [-0.1, -0.05) is 42.7 Å². The normalized spacial score (nSPS) is 29.4. The fourth-order valence-corrected chi connectivity index (χ4v) is 8.40. The van der Waals surface area contributed by atoms with Crippen molar-refractivity contribution in [1.29, 1.82) is 0 Å². The molecule has 4 rings (SSSR count). The minimum Gasteiger partial charge on any atom is -0.481 e. The van der Waals surface area contributed by atoms with Crippen LogP contribution in [0, 0.1) is 11.8 Å². The standard InChI is InChI=1S/C25H31ClN2O5S/c1-2-13-27(17-10-6-5-9-16(17)26)23(31)21-25-12-11-18(34-25)19(24(32)33)20(25)22(30)28(21)14-7-3-4-8-15-29/h2,5-6,9-10,18-21,29H,1,3-4,7-8,11-15H2,(H,32,33)/t18-,19+,20-,21?,25?/m0/s1. The number of thioether (sulfide) groups is 1. The van der Waals surface area contributed by atoms with Crippen LogP contribution in [0.2, 0.25) is 5.02 Å². The van der Waals surface area contributed by atoms with Gasteiger partial charge in [0, 0.05) is 24.9 Å². The maximum atomic E-state index is 14.2. The maximum absolute atomic E-state index is 14.2. The van der Waals surface area contributed by atoms with E-state index < -0.39 is 28.6 Å². The van der Waals surface area contributed by atoms with E-state index in [-0.39, 0.29) is 30.2 Å². The Labute approximate surface area is 209 Å². The molecule has 3 heterocycles. The van der Waals surface area contributed by atoms with Crippen LogP contribution in [0.25, 0.3) is 0 Å². The Hall–Kier alpha value is -2.03. The summed E-state index contributed by atoms with van der Waals surface area (Å²) in [6, 6.07) is 6.34. The molecule has 0 radical (unpaired) electrons. The summed E-state index contributed by atoms with van der Waals surface area (Å²) in [5.41, 5.74) is 0.552. The first-order valence-electron chi connectivity index (χ1n) is 11.9. The van der Waals surface area contributed by atoms with E-state index in [2.05, 4.69) is 6.58 Å². The summed E-state index contributed by atoms with van der Waals surface area (Å²) in [6.07, 6.45) is 6.01. The Balaban J connectivity index is 1.70. The maximum Gasteiger partial charge on any atom is 0.308 e. The Kier molecular flexibility index (Phi) is 7.60. The molecule has 9 heteroatoms. The van der Waals surface area contributed by atoms with Crippen LogP contribution in [-0.4, -0.2) is 68.6 Å². The molecule has 7 nitrogen and oxygen atoms in total. The lowest BCUT2D eigenvalue weighted by atomic mass is 9.71. The van der Waals surface area contributed by atoms with Gasteiger partial charge in [0.15, 0.2) is 0 Å². The topological polar surface area (TPSA) is 98.2 Å². The molecule has 2 N–H and O–H groups in total. The van der Waals surface area contributed by atoms with Crippen molar-refractivity contribution in [3.63, 3.8) is 0 Å². The highest BCUT2D eigenvalue weighted by molar-refractivity contribution is 8.02. The lowest BCUT2D eigenvalue weighted by molar-refractivity contribution is -0.148. The molecule has 1 spiro atoms. The van der Waals surface area contributed by atoms with E-state index in [4.69, 9.17) is 16.7 Å². The quantitative estimate of drug-likeness (QED) is 0.351. The number of amides is 2. The number of rotatable bonds is 11. The van der Waals surface area contributed by atoms with Crippen LogP contribution in [-0.2, 0) is 14.4 Å². The lowest BCUT2D eigenvalue weighted by Crippen LogP contribution is -2.55. The summed E-state index contributed by atoms with van der Waals surface area (Å²) in [4.78, 5) is 43.3. The SMILES string of the molecule is C=CCN(C(=O)C1N(CCCCCCO)C(=O)[C@@H]2[C@H](C(=O)O)[C@@H]3CCC12S3)c1ccccc1Cl. The molecule has 1 aromatic carbocycles. The number of aliphatic hydroxyl groups excluding tert-OH is 1. The number of para-hydroxylation sites is 1. The number of fused-ring (bicyclic) bond motifs is 1. The van der Waals surface area contributed by atoms with Crippen LogP contribution in [0.3, 0.4) is 0 Å².